The maximum Gasteiger partial charge on any atom is -0.00132 e. The third kappa shape index (κ3) is 2.51. The summed E-state index contributed by atoms with van der Waals surface area (Å²) in [5, 5.41) is 0. The average molecular weight is 296 g/mol. The minimum atomic E-state index is 1.04. The molecule has 112 valence electrons. The van der Waals surface area contributed by atoms with Crippen LogP contribution in [0, 0.1) is 0 Å². The molecule has 0 aromatic heterocycles. The van der Waals surface area contributed by atoms with Crippen molar-refractivity contribution in [3.05, 3.63) is 95.1 Å². The Morgan fingerprint density at radius 3 is 2.39 bits per heavy atom. The Bertz CT molecular complexity index is 870. The summed E-state index contributed by atoms with van der Waals surface area (Å²) in [6, 6.07) is 26.2. The van der Waals surface area contributed by atoms with E-state index in [2.05, 4.69) is 85.8 Å². The Balaban J connectivity index is 1.88. The minimum absolute atomic E-state index is 1.04. The number of allylic oxidation sites excluding steroid dienone is 1. The fourth-order valence-electron chi connectivity index (χ4n) is 3.58. The van der Waals surface area contributed by atoms with Crippen LogP contribution in [0.25, 0.3) is 22.8 Å². The zero-order chi connectivity index (χ0) is 15.6. The first-order valence-electron chi connectivity index (χ1n) is 8.33. The van der Waals surface area contributed by atoms with E-state index in [-0.39, 0.29) is 0 Å². The first-order valence-corrected chi connectivity index (χ1v) is 8.33. The molecule has 4 rings (SSSR count). The second kappa shape index (κ2) is 5.89. The van der Waals surface area contributed by atoms with Gasteiger partial charge in [0.25, 0.3) is 0 Å². The standard InChI is InChI=1S/C23H20/c1-2-18(15-17-9-4-3-5-10-17)21-14-8-12-20-16-19-11-6-7-13-22(19)23(20)21/h3-15H,2,16H2,1H3/b18-15-. The molecule has 0 unspecified atom stereocenters. The van der Waals surface area contributed by atoms with Gasteiger partial charge in [0.2, 0.25) is 0 Å². The lowest BCUT2D eigenvalue weighted by Crippen LogP contribution is -1.90. The zero-order valence-corrected chi connectivity index (χ0v) is 13.4. The van der Waals surface area contributed by atoms with Crippen molar-refractivity contribution >= 4 is 11.6 Å². The highest BCUT2D eigenvalue weighted by Crippen LogP contribution is 2.42. The van der Waals surface area contributed by atoms with Crippen LogP contribution in [0.1, 0.15) is 35.6 Å². The van der Waals surface area contributed by atoms with E-state index in [9.17, 15) is 0 Å². The molecule has 0 saturated heterocycles. The molecule has 0 aliphatic heterocycles. The average Bonchev–Trinajstić information content (AvgIpc) is 2.99. The van der Waals surface area contributed by atoms with Gasteiger partial charge in [-0.25, -0.2) is 0 Å². The predicted molar refractivity (Wildman–Crippen MR) is 99.3 cm³/mol. The van der Waals surface area contributed by atoms with E-state index in [1.54, 1.807) is 0 Å². The molecule has 0 radical (unpaired) electrons. The Hall–Kier alpha value is -2.60. The van der Waals surface area contributed by atoms with Gasteiger partial charge in [0, 0.05) is 0 Å². The van der Waals surface area contributed by atoms with Crippen LogP contribution in [-0.2, 0) is 6.42 Å². The van der Waals surface area contributed by atoms with Gasteiger partial charge in [0.05, 0.1) is 0 Å². The van der Waals surface area contributed by atoms with Gasteiger partial charge in [-0.15, -0.1) is 0 Å². The van der Waals surface area contributed by atoms with E-state index in [0.717, 1.165) is 12.8 Å². The second-order valence-corrected chi connectivity index (χ2v) is 6.11. The summed E-state index contributed by atoms with van der Waals surface area (Å²) in [6.45, 7) is 2.25. The van der Waals surface area contributed by atoms with Crippen LogP contribution >= 0.6 is 0 Å². The molecular weight excluding hydrogens is 276 g/mol. The quantitative estimate of drug-likeness (QED) is 0.394. The van der Waals surface area contributed by atoms with Crippen molar-refractivity contribution in [2.75, 3.05) is 0 Å². The summed E-state index contributed by atoms with van der Waals surface area (Å²) in [6.07, 6.45) is 4.42. The summed E-state index contributed by atoms with van der Waals surface area (Å²) in [4.78, 5) is 0. The van der Waals surface area contributed by atoms with Gasteiger partial charge < -0.3 is 0 Å². The van der Waals surface area contributed by atoms with E-state index >= 15 is 0 Å². The minimum Gasteiger partial charge on any atom is -0.0622 e. The van der Waals surface area contributed by atoms with Crippen LogP contribution in [0.15, 0.2) is 72.8 Å². The van der Waals surface area contributed by atoms with E-state index in [4.69, 9.17) is 0 Å². The first-order chi connectivity index (χ1) is 11.4. The number of hydrogen-bond acceptors (Lipinski definition) is 0. The van der Waals surface area contributed by atoms with Gasteiger partial charge in [-0.1, -0.05) is 85.8 Å². The fraction of sp³-hybridized carbons (Fsp3) is 0.130. The van der Waals surface area contributed by atoms with Gasteiger partial charge in [0.1, 0.15) is 0 Å². The highest BCUT2D eigenvalue weighted by Gasteiger charge is 2.21. The van der Waals surface area contributed by atoms with Crippen molar-refractivity contribution < 1.29 is 0 Å². The molecule has 3 aromatic rings. The summed E-state index contributed by atoms with van der Waals surface area (Å²) in [5.74, 6) is 0. The Morgan fingerprint density at radius 1 is 0.826 bits per heavy atom. The van der Waals surface area contributed by atoms with Gasteiger partial charge >= 0.3 is 0 Å². The highest BCUT2D eigenvalue weighted by molar-refractivity contribution is 5.92. The zero-order valence-electron chi connectivity index (χ0n) is 13.4. The Labute approximate surface area is 138 Å². The molecule has 0 N–H and O–H groups in total. The molecule has 0 bridgehead atoms. The number of hydrogen-bond donors (Lipinski definition) is 0. The molecule has 3 aromatic carbocycles. The molecule has 0 atom stereocenters. The molecule has 1 aliphatic carbocycles. The number of fused-ring (bicyclic) bond motifs is 3. The van der Waals surface area contributed by atoms with Crippen LogP contribution in [0.4, 0.5) is 0 Å². The summed E-state index contributed by atoms with van der Waals surface area (Å²) in [5.41, 5.74) is 9.82. The van der Waals surface area contributed by atoms with E-state index in [1.165, 1.54) is 39.0 Å². The molecule has 23 heavy (non-hydrogen) atoms. The van der Waals surface area contributed by atoms with E-state index in [1.807, 2.05) is 0 Å². The maximum atomic E-state index is 2.33. The SMILES string of the molecule is CC/C(=C/c1ccccc1)c1cccc2c1-c1ccccc1C2. The van der Waals surface area contributed by atoms with Crippen LogP contribution < -0.4 is 0 Å². The lowest BCUT2D eigenvalue weighted by Gasteiger charge is -2.12. The molecule has 0 saturated carbocycles. The van der Waals surface area contributed by atoms with Crippen molar-refractivity contribution in [2.45, 2.75) is 19.8 Å². The lowest BCUT2D eigenvalue weighted by atomic mass is 9.92. The van der Waals surface area contributed by atoms with Crippen LogP contribution in [-0.4, -0.2) is 0 Å². The van der Waals surface area contributed by atoms with Gasteiger partial charge in [-0.3, -0.25) is 0 Å². The summed E-state index contributed by atoms with van der Waals surface area (Å²) in [7, 11) is 0. The molecule has 0 spiro atoms. The molecule has 0 heterocycles. The third-order valence-electron chi connectivity index (χ3n) is 4.69. The van der Waals surface area contributed by atoms with Crippen LogP contribution in [0.3, 0.4) is 0 Å². The topological polar surface area (TPSA) is 0 Å². The van der Waals surface area contributed by atoms with Crippen molar-refractivity contribution in [1.82, 2.24) is 0 Å². The fourth-order valence-corrected chi connectivity index (χ4v) is 3.58. The van der Waals surface area contributed by atoms with Gasteiger partial charge in [0.15, 0.2) is 0 Å². The Kier molecular flexibility index (Phi) is 3.59. The summed E-state index contributed by atoms with van der Waals surface area (Å²) >= 11 is 0. The van der Waals surface area contributed by atoms with Gasteiger partial charge in [-0.2, -0.15) is 0 Å². The normalized spacial score (nSPS) is 12.8. The molecule has 0 amide bonds. The van der Waals surface area contributed by atoms with E-state index < -0.39 is 0 Å². The molecular formula is C23H20. The van der Waals surface area contributed by atoms with Crippen LogP contribution in [0.5, 0.6) is 0 Å². The van der Waals surface area contributed by atoms with Crippen LogP contribution in [0.2, 0.25) is 0 Å². The molecule has 0 fully saturated rings. The Morgan fingerprint density at radius 2 is 1.57 bits per heavy atom. The smallest absolute Gasteiger partial charge is 0.00132 e. The first kappa shape index (κ1) is 14.0. The molecule has 1 aliphatic rings. The largest absolute Gasteiger partial charge is 0.0622 e. The molecule has 0 heteroatoms. The number of rotatable bonds is 3. The van der Waals surface area contributed by atoms with Crippen molar-refractivity contribution in [3.8, 4) is 11.1 Å². The van der Waals surface area contributed by atoms with Crippen molar-refractivity contribution in [2.24, 2.45) is 0 Å². The summed E-state index contributed by atoms with van der Waals surface area (Å²) < 4.78 is 0. The highest BCUT2D eigenvalue weighted by atomic mass is 14.2. The second-order valence-electron chi connectivity index (χ2n) is 6.11. The van der Waals surface area contributed by atoms with Crippen molar-refractivity contribution in [3.63, 3.8) is 0 Å². The predicted octanol–water partition coefficient (Wildman–Crippen LogP) is 6.21. The third-order valence-corrected chi connectivity index (χ3v) is 4.69. The van der Waals surface area contributed by atoms with E-state index in [0.29, 0.717) is 0 Å². The monoisotopic (exact) mass is 296 g/mol. The van der Waals surface area contributed by atoms with Crippen molar-refractivity contribution in [1.29, 1.82) is 0 Å². The lowest BCUT2D eigenvalue weighted by molar-refractivity contribution is 1.23. The number of benzene rings is 3. The van der Waals surface area contributed by atoms with Gasteiger partial charge in [-0.05, 0) is 51.8 Å². The maximum absolute atomic E-state index is 2.33. The molecule has 0 nitrogen and oxygen atoms in total.